The number of aryl methyl sites for hydroxylation is 1. The molecule has 2 heterocycles. The van der Waals surface area contributed by atoms with Crippen molar-refractivity contribution >= 4 is 17.5 Å². The summed E-state index contributed by atoms with van der Waals surface area (Å²) in [6.45, 7) is 1.62. The van der Waals surface area contributed by atoms with Crippen LogP contribution >= 0.6 is 11.6 Å². The van der Waals surface area contributed by atoms with E-state index < -0.39 is 12.0 Å². The maximum Gasteiger partial charge on any atom is 0.272 e. The summed E-state index contributed by atoms with van der Waals surface area (Å²) >= 11 is 5.83. The summed E-state index contributed by atoms with van der Waals surface area (Å²) in [6, 6.07) is 2.88. The first-order valence-electron chi connectivity index (χ1n) is 8.08. The van der Waals surface area contributed by atoms with Gasteiger partial charge in [-0.25, -0.2) is 13.5 Å². The molecule has 1 atom stereocenters. The maximum atomic E-state index is 14.0. The van der Waals surface area contributed by atoms with Crippen molar-refractivity contribution in [3.8, 4) is 17.0 Å². The Morgan fingerprint density at radius 2 is 2.20 bits per heavy atom. The number of nitrogens with one attached hydrogen (secondary N) is 1. The number of halogens is 3. The Labute approximate surface area is 147 Å². The molecule has 0 radical (unpaired) electrons. The van der Waals surface area contributed by atoms with E-state index >= 15 is 0 Å². The van der Waals surface area contributed by atoms with Gasteiger partial charge in [-0.2, -0.15) is 5.10 Å². The highest BCUT2D eigenvalue weighted by Gasteiger charge is 2.33. The second-order valence-electron chi connectivity index (χ2n) is 6.45. The Bertz CT molecular complexity index is 864. The highest BCUT2D eigenvalue weighted by Crippen LogP contribution is 2.39. The number of hydrogen-bond acceptors (Lipinski definition) is 3. The number of fused-ring (bicyclic) bond motifs is 1. The van der Waals surface area contributed by atoms with E-state index in [1.807, 2.05) is 0 Å². The number of hydrogen-bond donors (Lipinski definition) is 1. The number of carbonyl (C=O) groups is 1. The van der Waals surface area contributed by atoms with Crippen LogP contribution in [-0.4, -0.2) is 34.5 Å². The number of aromatic nitrogens is 2. The van der Waals surface area contributed by atoms with Crippen molar-refractivity contribution in [1.82, 2.24) is 15.1 Å². The molecule has 5 nitrogen and oxygen atoms in total. The fraction of sp³-hybridized carbons (Fsp3) is 0.412. The molecule has 1 amide bonds. The largest absolute Gasteiger partial charge is 0.474 e. The van der Waals surface area contributed by atoms with E-state index in [0.29, 0.717) is 16.7 Å². The van der Waals surface area contributed by atoms with Crippen molar-refractivity contribution in [3.05, 3.63) is 34.2 Å². The monoisotopic (exact) mass is 367 g/mol. The molecule has 1 aromatic carbocycles. The summed E-state index contributed by atoms with van der Waals surface area (Å²) in [7, 11) is 0. The van der Waals surface area contributed by atoms with Crippen molar-refractivity contribution in [3.63, 3.8) is 0 Å². The van der Waals surface area contributed by atoms with E-state index in [2.05, 4.69) is 10.4 Å². The average Bonchev–Trinajstić information content (AvgIpc) is 3.29. The summed E-state index contributed by atoms with van der Waals surface area (Å²) in [5, 5.41) is 7.09. The number of amides is 1. The first kappa shape index (κ1) is 16.3. The second kappa shape index (κ2) is 5.98. The lowest BCUT2D eigenvalue weighted by atomic mass is 9.99. The molecule has 1 N–H and O–H groups in total. The van der Waals surface area contributed by atoms with Crippen molar-refractivity contribution < 1.29 is 18.3 Å². The molecule has 0 bridgehead atoms. The first-order valence-corrected chi connectivity index (χ1v) is 8.46. The summed E-state index contributed by atoms with van der Waals surface area (Å²) in [6.07, 6.45) is 0.640. The lowest BCUT2D eigenvalue weighted by Gasteiger charge is -2.19. The average molecular weight is 368 g/mol. The van der Waals surface area contributed by atoms with Gasteiger partial charge in [-0.05, 0) is 43.0 Å². The molecule has 1 aliphatic heterocycles. The van der Waals surface area contributed by atoms with Gasteiger partial charge < -0.3 is 10.1 Å². The van der Waals surface area contributed by atoms with E-state index in [0.717, 1.165) is 12.8 Å². The molecule has 0 spiro atoms. The molecule has 25 heavy (non-hydrogen) atoms. The van der Waals surface area contributed by atoms with Crippen LogP contribution in [0.25, 0.3) is 11.1 Å². The number of nitrogens with zero attached hydrogens (tertiary/aromatic N) is 2. The third kappa shape index (κ3) is 2.97. The van der Waals surface area contributed by atoms with Crippen LogP contribution in [0.3, 0.4) is 0 Å². The molecule has 0 saturated heterocycles. The van der Waals surface area contributed by atoms with Gasteiger partial charge in [0.25, 0.3) is 5.91 Å². The molecule has 0 unspecified atom stereocenters. The van der Waals surface area contributed by atoms with Crippen LogP contribution in [0.5, 0.6) is 5.88 Å². The van der Waals surface area contributed by atoms with Crippen LogP contribution in [0, 0.1) is 12.7 Å². The lowest BCUT2D eigenvalue weighted by Crippen LogP contribution is -2.27. The molecule has 1 fully saturated rings. The van der Waals surface area contributed by atoms with Gasteiger partial charge in [-0.3, -0.25) is 4.79 Å². The van der Waals surface area contributed by atoms with Gasteiger partial charge in [-0.15, -0.1) is 0 Å². The molecule has 1 saturated carbocycles. The highest BCUT2D eigenvalue weighted by molar-refractivity contribution is 6.30. The Kier molecular flexibility index (Phi) is 3.91. The first-order chi connectivity index (χ1) is 11.9. The van der Waals surface area contributed by atoms with Gasteiger partial charge >= 0.3 is 0 Å². The molecular weight excluding hydrogens is 352 g/mol. The van der Waals surface area contributed by atoms with E-state index in [1.165, 1.54) is 16.8 Å². The Balaban J connectivity index is 1.87. The minimum atomic E-state index is -1.21. The van der Waals surface area contributed by atoms with Crippen molar-refractivity contribution in [1.29, 1.82) is 0 Å². The van der Waals surface area contributed by atoms with Crippen LogP contribution in [0.1, 0.15) is 28.9 Å². The third-order valence-corrected chi connectivity index (χ3v) is 4.63. The zero-order valence-electron chi connectivity index (χ0n) is 13.5. The quantitative estimate of drug-likeness (QED) is 0.905. The van der Waals surface area contributed by atoms with Crippen molar-refractivity contribution in [2.75, 3.05) is 6.61 Å². The number of carbonyl (C=O) groups excluding carboxylic acids is 1. The van der Waals surface area contributed by atoms with Gasteiger partial charge in [0.2, 0.25) is 5.88 Å². The van der Waals surface area contributed by atoms with E-state index in [-0.39, 0.29) is 41.7 Å². The SMILES string of the molecule is Cc1cc(Cl)c(F)cc1-c1c(C(=O)NC2CC2)nn2c1OC[C@@H](F)C2. The van der Waals surface area contributed by atoms with Crippen LogP contribution in [0.15, 0.2) is 12.1 Å². The van der Waals surface area contributed by atoms with Gasteiger partial charge in [0.15, 0.2) is 11.9 Å². The van der Waals surface area contributed by atoms with Gasteiger partial charge in [0.1, 0.15) is 12.4 Å². The van der Waals surface area contributed by atoms with Crippen LogP contribution in [0.4, 0.5) is 8.78 Å². The second-order valence-corrected chi connectivity index (χ2v) is 6.86. The predicted octanol–water partition coefficient (Wildman–Crippen LogP) is 3.27. The zero-order valence-corrected chi connectivity index (χ0v) is 14.2. The summed E-state index contributed by atoms with van der Waals surface area (Å²) < 4.78 is 34.5. The number of alkyl halides is 1. The van der Waals surface area contributed by atoms with E-state index in [9.17, 15) is 13.6 Å². The van der Waals surface area contributed by atoms with Gasteiger partial charge in [-0.1, -0.05) is 11.6 Å². The standard InChI is InChI=1S/C17H16ClF2N3O2/c1-8-4-12(18)13(20)5-11(8)14-15(16(24)21-10-2-3-10)22-23-6-9(19)7-25-17(14)23/h4-5,9-10H,2-3,6-7H2,1H3,(H,21,24)/t9-/m0/s1. The summed E-state index contributed by atoms with van der Waals surface area (Å²) in [5.74, 6) is -0.692. The molecule has 4 rings (SSSR count). The normalized spacial score (nSPS) is 19.3. The number of ether oxygens (including phenoxy) is 1. The highest BCUT2D eigenvalue weighted by atomic mass is 35.5. The fourth-order valence-corrected chi connectivity index (χ4v) is 3.14. The maximum absolute atomic E-state index is 14.0. The number of benzene rings is 1. The van der Waals surface area contributed by atoms with Crippen LogP contribution in [0.2, 0.25) is 5.02 Å². The number of rotatable bonds is 3. The molecule has 1 aliphatic carbocycles. The Hall–Kier alpha value is -2.15. The molecule has 132 valence electrons. The van der Waals surface area contributed by atoms with E-state index in [1.54, 1.807) is 6.92 Å². The predicted molar refractivity (Wildman–Crippen MR) is 88.2 cm³/mol. The minimum Gasteiger partial charge on any atom is -0.474 e. The summed E-state index contributed by atoms with van der Waals surface area (Å²) in [5.41, 5.74) is 1.62. The Morgan fingerprint density at radius 1 is 1.44 bits per heavy atom. The van der Waals surface area contributed by atoms with E-state index in [4.69, 9.17) is 16.3 Å². The van der Waals surface area contributed by atoms with Crippen LogP contribution < -0.4 is 10.1 Å². The smallest absolute Gasteiger partial charge is 0.272 e. The summed E-state index contributed by atoms with van der Waals surface area (Å²) in [4.78, 5) is 12.6. The van der Waals surface area contributed by atoms with Gasteiger partial charge in [0.05, 0.1) is 17.1 Å². The molecule has 1 aromatic heterocycles. The topological polar surface area (TPSA) is 56.2 Å². The Morgan fingerprint density at radius 3 is 2.92 bits per heavy atom. The van der Waals surface area contributed by atoms with Crippen molar-refractivity contribution in [2.45, 2.75) is 38.5 Å². The van der Waals surface area contributed by atoms with Crippen LogP contribution in [-0.2, 0) is 6.54 Å². The fourth-order valence-electron chi connectivity index (χ4n) is 2.93. The molecular formula is C17H16ClF2N3O2. The minimum absolute atomic E-state index is 0.00370. The molecule has 2 aromatic rings. The van der Waals surface area contributed by atoms with Gasteiger partial charge in [0, 0.05) is 6.04 Å². The third-order valence-electron chi connectivity index (χ3n) is 4.34. The zero-order chi connectivity index (χ0) is 17.7. The molecule has 8 heteroatoms. The molecule has 2 aliphatic rings. The lowest BCUT2D eigenvalue weighted by molar-refractivity contribution is 0.0944. The van der Waals surface area contributed by atoms with Crippen molar-refractivity contribution in [2.24, 2.45) is 0 Å².